The molecule has 2 amide bonds. The first-order valence-corrected chi connectivity index (χ1v) is 9.47. The Kier molecular flexibility index (Phi) is 7.44. The fourth-order valence-corrected chi connectivity index (χ4v) is 3.43. The lowest BCUT2D eigenvalue weighted by molar-refractivity contribution is 0.237. The van der Waals surface area contributed by atoms with E-state index in [2.05, 4.69) is 15.6 Å². The molecule has 23 heavy (non-hydrogen) atoms. The molecule has 1 aromatic heterocycles. The predicted molar refractivity (Wildman–Crippen MR) is 90.5 cm³/mol. The number of nitrogens with one attached hydrogen (secondary N) is 2. The lowest BCUT2D eigenvalue weighted by Crippen LogP contribution is -2.40. The summed E-state index contributed by atoms with van der Waals surface area (Å²) in [7, 11) is -3.22. The van der Waals surface area contributed by atoms with E-state index in [0.29, 0.717) is 19.5 Å². The van der Waals surface area contributed by atoms with Crippen LogP contribution in [0, 0.1) is 0 Å². The smallest absolute Gasteiger partial charge is 0.315 e. The van der Waals surface area contributed by atoms with Crippen LogP contribution < -0.4 is 10.6 Å². The van der Waals surface area contributed by atoms with E-state index < -0.39 is 10.0 Å². The molecule has 1 atom stereocenters. The van der Waals surface area contributed by atoms with Crippen molar-refractivity contribution in [2.45, 2.75) is 39.3 Å². The highest BCUT2D eigenvalue weighted by Gasteiger charge is 2.19. The monoisotopic (exact) mass is 342 g/mol. The zero-order chi connectivity index (χ0) is 17.5. The first-order valence-electron chi connectivity index (χ1n) is 7.63. The van der Waals surface area contributed by atoms with E-state index in [4.69, 9.17) is 0 Å². The summed E-state index contributed by atoms with van der Waals surface area (Å²) >= 11 is 0. The lowest BCUT2D eigenvalue weighted by atomic mass is 10.1. The van der Waals surface area contributed by atoms with E-state index in [9.17, 15) is 13.2 Å². The largest absolute Gasteiger partial charge is 0.338 e. The summed E-state index contributed by atoms with van der Waals surface area (Å²) < 4.78 is 24.7. The van der Waals surface area contributed by atoms with Gasteiger partial charge in [-0.2, -0.15) is 4.31 Å². The number of hydrogen-bond acceptors (Lipinski definition) is 4. The number of sulfonamides is 1. The third-order valence-electron chi connectivity index (χ3n) is 3.37. The Morgan fingerprint density at radius 3 is 2.57 bits per heavy atom. The minimum atomic E-state index is -3.22. The quantitative estimate of drug-likeness (QED) is 0.701. The van der Waals surface area contributed by atoms with Crippen LogP contribution in [0.15, 0.2) is 24.5 Å². The summed E-state index contributed by atoms with van der Waals surface area (Å²) in [6.07, 6.45) is 5.14. The van der Waals surface area contributed by atoms with Gasteiger partial charge >= 0.3 is 6.03 Å². The topological polar surface area (TPSA) is 91.4 Å². The van der Waals surface area contributed by atoms with Crippen LogP contribution in [0.5, 0.6) is 0 Å². The second-order valence-corrected chi connectivity index (χ2v) is 7.66. The summed E-state index contributed by atoms with van der Waals surface area (Å²) in [4.78, 5) is 15.8. The number of urea groups is 1. The Labute approximate surface area is 138 Å². The van der Waals surface area contributed by atoms with Gasteiger partial charge < -0.3 is 10.6 Å². The summed E-state index contributed by atoms with van der Waals surface area (Å²) in [5.41, 5.74) is 0.922. The van der Waals surface area contributed by atoms with Crippen LogP contribution >= 0.6 is 0 Å². The normalized spacial score (nSPS) is 13.1. The van der Waals surface area contributed by atoms with Crippen LogP contribution in [0.4, 0.5) is 4.79 Å². The molecule has 0 bridgehead atoms. The molecule has 0 saturated carbocycles. The summed E-state index contributed by atoms with van der Waals surface area (Å²) in [5, 5.41) is 5.55. The highest BCUT2D eigenvalue weighted by atomic mass is 32.2. The lowest BCUT2D eigenvalue weighted by Gasteiger charge is -2.23. The van der Waals surface area contributed by atoms with Crippen molar-refractivity contribution in [2.75, 3.05) is 19.3 Å². The molecule has 8 heteroatoms. The number of aromatic nitrogens is 1. The fourth-order valence-electron chi connectivity index (χ4n) is 2.21. The Bertz CT molecular complexity index is 590. The molecule has 0 saturated heterocycles. The number of carbonyl (C=O) groups excluding carboxylic acids is 1. The summed E-state index contributed by atoms with van der Waals surface area (Å²) in [6, 6.07) is 3.19. The van der Waals surface area contributed by atoms with E-state index in [-0.39, 0.29) is 18.1 Å². The van der Waals surface area contributed by atoms with Crippen molar-refractivity contribution in [1.29, 1.82) is 0 Å². The molecule has 2 N–H and O–H groups in total. The van der Waals surface area contributed by atoms with Gasteiger partial charge in [-0.3, -0.25) is 4.98 Å². The average molecular weight is 342 g/mol. The Balaban J connectivity index is 2.34. The van der Waals surface area contributed by atoms with Crippen molar-refractivity contribution < 1.29 is 13.2 Å². The maximum atomic E-state index is 11.8. The van der Waals surface area contributed by atoms with Gasteiger partial charge in [0, 0.05) is 31.5 Å². The van der Waals surface area contributed by atoms with Gasteiger partial charge in [0.25, 0.3) is 0 Å². The third kappa shape index (κ3) is 6.96. The molecular weight excluding hydrogens is 316 g/mol. The number of nitrogens with zero attached hydrogens (tertiary/aromatic N) is 2. The third-order valence-corrected chi connectivity index (χ3v) is 4.83. The van der Waals surface area contributed by atoms with Crippen LogP contribution in [-0.4, -0.2) is 49.1 Å². The summed E-state index contributed by atoms with van der Waals surface area (Å²) in [5.74, 6) is 0. The van der Waals surface area contributed by atoms with Crippen molar-refractivity contribution in [2.24, 2.45) is 0 Å². The highest BCUT2D eigenvalue weighted by Crippen LogP contribution is 2.09. The van der Waals surface area contributed by atoms with E-state index in [1.54, 1.807) is 12.4 Å². The molecule has 0 aliphatic heterocycles. The van der Waals surface area contributed by atoms with Crippen molar-refractivity contribution in [3.05, 3.63) is 30.1 Å². The second-order valence-electron chi connectivity index (χ2n) is 5.73. The van der Waals surface area contributed by atoms with E-state index in [1.807, 2.05) is 32.9 Å². The first-order chi connectivity index (χ1) is 10.7. The molecule has 0 fully saturated rings. The van der Waals surface area contributed by atoms with Gasteiger partial charge in [-0.1, -0.05) is 6.07 Å². The number of carbonyl (C=O) groups is 1. The van der Waals surface area contributed by atoms with Crippen LogP contribution in [0.25, 0.3) is 0 Å². The van der Waals surface area contributed by atoms with Gasteiger partial charge in [-0.25, -0.2) is 13.2 Å². The van der Waals surface area contributed by atoms with E-state index in [0.717, 1.165) is 5.56 Å². The average Bonchev–Trinajstić information content (AvgIpc) is 2.46. The zero-order valence-electron chi connectivity index (χ0n) is 14.1. The van der Waals surface area contributed by atoms with E-state index >= 15 is 0 Å². The van der Waals surface area contributed by atoms with Gasteiger partial charge in [0.2, 0.25) is 10.0 Å². The molecule has 1 rings (SSSR count). The molecule has 0 spiro atoms. The van der Waals surface area contributed by atoms with Crippen LogP contribution in [-0.2, 0) is 10.0 Å². The zero-order valence-corrected chi connectivity index (χ0v) is 14.9. The Morgan fingerprint density at radius 1 is 1.35 bits per heavy atom. The maximum absolute atomic E-state index is 11.8. The van der Waals surface area contributed by atoms with Gasteiger partial charge in [0.15, 0.2) is 0 Å². The highest BCUT2D eigenvalue weighted by molar-refractivity contribution is 7.88. The minimum Gasteiger partial charge on any atom is -0.338 e. The molecule has 7 nitrogen and oxygen atoms in total. The van der Waals surface area contributed by atoms with Crippen LogP contribution in [0.3, 0.4) is 0 Å². The molecular formula is C15H26N4O3S. The molecule has 0 aliphatic carbocycles. The van der Waals surface area contributed by atoms with Gasteiger partial charge in [-0.15, -0.1) is 0 Å². The van der Waals surface area contributed by atoms with Crippen molar-refractivity contribution in [3.63, 3.8) is 0 Å². The minimum absolute atomic E-state index is 0.0931. The molecule has 0 aliphatic rings. The first kappa shape index (κ1) is 19.4. The number of pyridine rings is 1. The Hall–Kier alpha value is -1.67. The number of rotatable bonds is 8. The maximum Gasteiger partial charge on any atom is 0.315 e. The molecule has 1 aromatic rings. The SMILES string of the molecule is CC(NC(=O)NCCCN(C(C)C)S(C)(=O)=O)c1cccnc1. The van der Waals surface area contributed by atoms with E-state index in [1.165, 1.54) is 10.6 Å². The number of amides is 2. The Morgan fingerprint density at radius 2 is 2.04 bits per heavy atom. The van der Waals surface area contributed by atoms with Crippen molar-refractivity contribution >= 4 is 16.1 Å². The van der Waals surface area contributed by atoms with Gasteiger partial charge in [0.1, 0.15) is 0 Å². The van der Waals surface area contributed by atoms with Crippen molar-refractivity contribution in [1.82, 2.24) is 19.9 Å². The second kappa shape index (κ2) is 8.83. The predicted octanol–water partition coefficient (Wildman–Crippen LogP) is 1.50. The summed E-state index contributed by atoms with van der Waals surface area (Å²) in [6.45, 7) is 6.33. The molecule has 1 unspecified atom stereocenters. The van der Waals surface area contributed by atoms with Crippen molar-refractivity contribution in [3.8, 4) is 0 Å². The van der Waals surface area contributed by atoms with Crippen LogP contribution in [0.2, 0.25) is 0 Å². The molecule has 0 aromatic carbocycles. The van der Waals surface area contributed by atoms with Gasteiger partial charge in [0.05, 0.1) is 12.3 Å². The fraction of sp³-hybridized carbons (Fsp3) is 0.600. The molecule has 0 radical (unpaired) electrons. The van der Waals surface area contributed by atoms with Crippen LogP contribution in [0.1, 0.15) is 38.8 Å². The van der Waals surface area contributed by atoms with Gasteiger partial charge in [-0.05, 0) is 38.8 Å². The molecule has 1 heterocycles. The number of hydrogen-bond donors (Lipinski definition) is 2. The molecule has 130 valence electrons. The standard InChI is InChI=1S/C15H26N4O3S/c1-12(2)19(23(4,21)22)10-6-9-17-15(20)18-13(3)14-7-5-8-16-11-14/h5,7-8,11-13H,6,9-10H2,1-4H3,(H2,17,18,20).